The Balaban J connectivity index is 3.78. The molecular formula is C9H19NO. The largest absolute Gasteiger partial charge is 0.298 e. The predicted molar refractivity (Wildman–Crippen MR) is 47.7 cm³/mol. The Morgan fingerprint density at radius 2 is 1.91 bits per heavy atom. The molecule has 0 aromatic heterocycles. The first-order valence-electron chi connectivity index (χ1n) is 4.37. The number of Topliss-reactive ketones (excluding diaryl/α,β-unsaturated/α-hetero) is 1. The minimum Gasteiger partial charge on any atom is -0.298 e. The van der Waals surface area contributed by atoms with Gasteiger partial charge in [0.2, 0.25) is 0 Å². The van der Waals surface area contributed by atoms with E-state index in [1.165, 1.54) is 0 Å². The van der Waals surface area contributed by atoms with Crippen molar-refractivity contribution >= 4 is 5.78 Å². The van der Waals surface area contributed by atoms with Crippen LogP contribution in [0.25, 0.3) is 0 Å². The van der Waals surface area contributed by atoms with Crippen LogP contribution in [0.15, 0.2) is 0 Å². The Labute approximate surface area is 69.6 Å². The van der Waals surface area contributed by atoms with Gasteiger partial charge in [0.1, 0.15) is 5.78 Å². The normalized spacial score (nSPS) is 11.1. The fourth-order valence-electron chi connectivity index (χ4n) is 0.998. The van der Waals surface area contributed by atoms with E-state index in [0.717, 1.165) is 6.54 Å². The molecule has 0 heterocycles. The molecule has 0 N–H and O–H groups in total. The molecule has 0 aromatic carbocycles. The first-order chi connectivity index (χ1) is 5.11. The highest BCUT2D eigenvalue weighted by Crippen LogP contribution is 1.97. The maximum Gasteiger partial charge on any atom is 0.146 e. The van der Waals surface area contributed by atoms with Gasteiger partial charge in [0.05, 0.1) is 6.54 Å². The highest BCUT2D eigenvalue weighted by molar-refractivity contribution is 5.80. The second-order valence-electron chi connectivity index (χ2n) is 3.05. The van der Waals surface area contributed by atoms with Crippen molar-refractivity contribution < 1.29 is 4.79 Å². The van der Waals surface area contributed by atoms with Crippen molar-refractivity contribution in [1.29, 1.82) is 0 Å². The Kier molecular flexibility index (Phi) is 5.12. The number of nitrogens with zero attached hydrogens (tertiary/aromatic N) is 1. The van der Waals surface area contributed by atoms with Crippen molar-refractivity contribution in [3.63, 3.8) is 0 Å². The molecule has 11 heavy (non-hydrogen) atoms. The summed E-state index contributed by atoms with van der Waals surface area (Å²) in [4.78, 5) is 13.2. The summed E-state index contributed by atoms with van der Waals surface area (Å²) < 4.78 is 0. The molecular weight excluding hydrogens is 138 g/mol. The zero-order chi connectivity index (χ0) is 8.85. The van der Waals surface area contributed by atoms with Gasteiger partial charge < -0.3 is 0 Å². The zero-order valence-corrected chi connectivity index (χ0v) is 8.05. The Hall–Kier alpha value is -0.370. The summed E-state index contributed by atoms with van der Waals surface area (Å²) >= 11 is 0. The molecule has 0 radical (unpaired) electrons. The summed E-state index contributed by atoms with van der Waals surface area (Å²) in [5, 5.41) is 0. The van der Waals surface area contributed by atoms with Crippen LogP contribution in [0.2, 0.25) is 0 Å². The zero-order valence-electron chi connectivity index (χ0n) is 8.05. The van der Waals surface area contributed by atoms with Gasteiger partial charge in [0, 0.05) is 12.5 Å². The topological polar surface area (TPSA) is 20.3 Å². The molecule has 0 atom stereocenters. The number of hydrogen-bond donors (Lipinski definition) is 0. The third-order valence-corrected chi connectivity index (χ3v) is 1.91. The number of ketones is 1. The minimum atomic E-state index is 0.334. The van der Waals surface area contributed by atoms with Crippen LogP contribution in [0.4, 0.5) is 0 Å². The highest BCUT2D eigenvalue weighted by atomic mass is 16.1. The fraction of sp³-hybridized carbons (Fsp3) is 0.889. The van der Waals surface area contributed by atoms with Gasteiger partial charge in [-0.1, -0.05) is 13.8 Å². The summed E-state index contributed by atoms with van der Waals surface area (Å²) in [6, 6.07) is 0.482. The van der Waals surface area contributed by atoms with Crippen LogP contribution in [0.3, 0.4) is 0 Å². The number of rotatable bonds is 5. The molecule has 0 spiro atoms. The van der Waals surface area contributed by atoms with Gasteiger partial charge in [-0.25, -0.2) is 0 Å². The van der Waals surface area contributed by atoms with Crippen LogP contribution in [-0.2, 0) is 4.79 Å². The van der Waals surface area contributed by atoms with E-state index in [1.54, 1.807) is 0 Å². The van der Waals surface area contributed by atoms with E-state index in [9.17, 15) is 4.79 Å². The lowest BCUT2D eigenvalue weighted by Crippen LogP contribution is -2.35. The number of hydrogen-bond acceptors (Lipinski definition) is 2. The average Bonchev–Trinajstić information content (AvgIpc) is 1.99. The van der Waals surface area contributed by atoms with Crippen LogP contribution >= 0.6 is 0 Å². The molecule has 0 aromatic rings. The summed E-state index contributed by atoms with van der Waals surface area (Å²) in [5.74, 6) is 0.334. The lowest BCUT2D eigenvalue weighted by Gasteiger charge is -2.23. The standard InChI is InChI=1S/C9H19NO/c1-5-9(11)7-10(6-2)8(3)4/h8H,5-7H2,1-4H3. The molecule has 0 saturated carbocycles. The SMILES string of the molecule is CCC(=O)CN(CC)C(C)C. The summed E-state index contributed by atoms with van der Waals surface area (Å²) in [7, 11) is 0. The van der Waals surface area contributed by atoms with Crippen molar-refractivity contribution in [1.82, 2.24) is 4.90 Å². The summed E-state index contributed by atoms with van der Waals surface area (Å²) in [6.07, 6.45) is 0.656. The van der Waals surface area contributed by atoms with Gasteiger partial charge >= 0.3 is 0 Å². The molecule has 0 aliphatic carbocycles. The van der Waals surface area contributed by atoms with E-state index in [1.807, 2.05) is 6.92 Å². The fourth-order valence-corrected chi connectivity index (χ4v) is 0.998. The smallest absolute Gasteiger partial charge is 0.146 e. The first kappa shape index (κ1) is 10.6. The van der Waals surface area contributed by atoms with Crippen LogP contribution in [0.5, 0.6) is 0 Å². The van der Waals surface area contributed by atoms with E-state index in [0.29, 0.717) is 24.8 Å². The minimum absolute atomic E-state index is 0.334. The van der Waals surface area contributed by atoms with Crippen molar-refractivity contribution in [3.05, 3.63) is 0 Å². The molecule has 66 valence electrons. The lowest BCUT2D eigenvalue weighted by atomic mass is 10.2. The quantitative estimate of drug-likeness (QED) is 0.605. The Bertz CT molecular complexity index is 121. The van der Waals surface area contributed by atoms with Crippen molar-refractivity contribution in [2.24, 2.45) is 0 Å². The van der Waals surface area contributed by atoms with E-state index in [-0.39, 0.29) is 0 Å². The maximum absolute atomic E-state index is 11.0. The Morgan fingerprint density at radius 1 is 1.36 bits per heavy atom. The van der Waals surface area contributed by atoms with Gasteiger partial charge in [-0.3, -0.25) is 9.69 Å². The molecule has 2 nitrogen and oxygen atoms in total. The van der Waals surface area contributed by atoms with Crippen molar-refractivity contribution in [2.75, 3.05) is 13.1 Å². The van der Waals surface area contributed by atoms with Crippen LogP contribution < -0.4 is 0 Å². The van der Waals surface area contributed by atoms with Gasteiger partial charge in [0.25, 0.3) is 0 Å². The highest BCUT2D eigenvalue weighted by Gasteiger charge is 2.09. The lowest BCUT2D eigenvalue weighted by molar-refractivity contribution is -0.120. The van der Waals surface area contributed by atoms with E-state index >= 15 is 0 Å². The predicted octanol–water partition coefficient (Wildman–Crippen LogP) is 1.70. The molecule has 0 aliphatic rings. The molecule has 0 saturated heterocycles. The first-order valence-corrected chi connectivity index (χ1v) is 4.37. The van der Waals surface area contributed by atoms with Gasteiger partial charge in [-0.2, -0.15) is 0 Å². The van der Waals surface area contributed by atoms with Crippen LogP contribution in [0, 0.1) is 0 Å². The van der Waals surface area contributed by atoms with Crippen molar-refractivity contribution in [2.45, 2.75) is 40.2 Å². The molecule has 0 rings (SSSR count). The Morgan fingerprint density at radius 3 is 2.18 bits per heavy atom. The molecule has 0 bridgehead atoms. The number of carbonyl (C=O) groups is 1. The van der Waals surface area contributed by atoms with E-state index in [4.69, 9.17) is 0 Å². The number of likely N-dealkylation sites (N-methyl/N-ethyl adjacent to an activating group) is 1. The van der Waals surface area contributed by atoms with Gasteiger partial charge in [-0.05, 0) is 20.4 Å². The van der Waals surface area contributed by atoms with E-state index in [2.05, 4.69) is 25.7 Å². The third-order valence-electron chi connectivity index (χ3n) is 1.91. The average molecular weight is 157 g/mol. The number of carbonyl (C=O) groups excluding carboxylic acids is 1. The summed E-state index contributed by atoms with van der Waals surface area (Å²) in [6.45, 7) is 9.81. The maximum atomic E-state index is 11.0. The van der Waals surface area contributed by atoms with E-state index < -0.39 is 0 Å². The molecule has 0 unspecified atom stereocenters. The second-order valence-corrected chi connectivity index (χ2v) is 3.05. The van der Waals surface area contributed by atoms with Crippen molar-refractivity contribution in [3.8, 4) is 0 Å². The third kappa shape index (κ3) is 4.14. The summed E-state index contributed by atoms with van der Waals surface area (Å²) in [5.41, 5.74) is 0. The van der Waals surface area contributed by atoms with Crippen LogP contribution in [0.1, 0.15) is 34.1 Å². The monoisotopic (exact) mass is 157 g/mol. The van der Waals surface area contributed by atoms with Gasteiger partial charge in [0.15, 0.2) is 0 Å². The van der Waals surface area contributed by atoms with Gasteiger partial charge in [-0.15, -0.1) is 0 Å². The molecule has 0 aliphatic heterocycles. The van der Waals surface area contributed by atoms with Crippen LogP contribution in [-0.4, -0.2) is 29.8 Å². The molecule has 2 heteroatoms. The second kappa shape index (κ2) is 5.30. The molecule has 0 amide bonds. The molecule has 0 fully saturated rings.